The molecule has 2 aliphatic heterocycles. The van der Waals surface area contributed by atoms with Crippen molar-refractivity contribution in [1.29, 1.82) is 0 Å². The van der Waals surface area contributed by atoms with Gasteiger partial charge in [-0.3, -0.25) is 0 Å². The predicted molar refractivity (Wildman–Crippen MR) is 37.5 cm³/mol. The Morgan fingerprint density at radius 2 is 2.22 bits per heavy atom. The number of hydrogen-bond donors (Lipinski definition) is 1. The molecule has 0 aromatic rings. The maximum absolute atomic E-state index is 5.29. The van der Waals surface area contributed by atoms with Crippen molar-refractivity contribution in [3.63, 3.8) is 0 Å². The highest BCUT2D eigenvalue weighted by Gasteiger charge is 2.31. The minimum Gasteiger partial charge on any atom is -0.375 e. The van der Waals surface area contributed by atoms with Crippen LogP contribution in [-0.4, -0.2) is 25.3 Å². The lowest BCUT2D eigenvalue weighted by Gasteiger charge is -2.09. The molecule has 2 aliphatic rings. The second kappa shape index (κ2) is 3.18. The van der Waals surface area contributed by atoms with Gasteiger partial charge in [0, 0.05) is 12.6 Å². The van der Waals surface area contributed by atoms with Crippen LogP contribution >= 0.6 is 0 Å². The van der Waals surface area contributed by atoms with Crippen LogP contribution in [0.25, 0.3) is 0 Å². The van der Waals surface area contributed by atoms with Crippen LogP contribution in [0, 0.1) is 0 Å². The van der Waals surface area contributed by atoms with E-state index in [1.54, 1.807) is 0 Å². The molecule has 2 bridgehead atoms. The van der Waals surface area contributed by atoms with Crippen molar-refractivity contribution in [2.24, 2.45) is 0 Å². The zero-order chi connectivity index (χ0) is 6.69. The topological polar surface area (TPSA) is 21.3 Å². The van der Waals surface area contributed by atoms with Gasteiger partial charge in [-0.05, 0) is 6.42 Å². The van der Waals surface area contributed by atoms with E-state index in [-0.39, 0.29) is 0 Å². The average Bonchev–Trinajstić information content (AvgIpc) is 2.53. The van der Waals surface area contributed by atoms with E-state index in [9.17, 15) is 0 Å². The Hall–Kier alpha value is -0.0800. The van der Waals surface area contributed by atoms with Crippen molar-refractivity contribution < 1.29 is 4.74 Å². The molecule has 0 aromatic heterocycles. The first kappa shape index (κ1) is 7.03. The summed E-state index contributed by atoms with van der Waals surface area (Å²) in [5.74, 6) is 0. The highest BCUT2D eigenvalue weighted by atomic mass is 16.5. The number of rotatable bonds is 0. The fraction of sp³-hybridized carbons (Fsp3) is 1.00. The van der Waals surface area contributed by atoms with Crippen LogP contribution in [-0.2, 0) is 4.74 Å². The van der Waals surface area contributed by atoms with Crippen molar-refractivity contribution in [2.45, 2.75) is 32.4 Å². The van der Waals surface area contributed by atoms with Crippen LogP contribution in [0.5, 0.6) is 0 Å². The SMILES string of the molecule is C1OC2CNC1C2.CC. The Morgan fingerprint density at radius 3 is 2.33 bits per heavy atom. The average molecular weight is 129 g/mol. The van der Waals surface area contributed by atoms with E-state index in [4.69, 9.17) is 4.74 Å². The molecular weight excluding hydrogens is 114 g/mol. The van der Waals surface area contributed by atoms with Crippen LogP contribution in [0.3, 0.4) is 0 Å². The molecule has 0 spiro atoms. The van der Waals surface area contributed by atoms with Gasteiger partial charge in [-0.1, -0.05) is 13.8 Å². The first-order chi connectivity index (χ1) is 4.45. The molecule has 2 atom stereocenters. The molecule has 0 radical (unpaired) electrons. The lowest BCUT2D eigenvalue weighted by Crippen LogP contribution is -2.30. The fourth-order valence-corrected chi connectivity index (χ4v) is 1.29. The van der Waals surface area contributed by atoms with Gasteiger partial charge in [0.2, 0.25) is 0 Å². The van der Waals surface area contributed by atoms with Gasteiger partial charge >= 0.3 is 0 Å². The second-order valence-electron chi connectivity index (χ2n) is 2.30. The van der Waals surface area contributed by atoms with Gasteiger partial charge in [0.1, 0.15) is 0 Å². The van der Waals surface area contributed by atoms with Crippen LogP contribution in [0.15, 0.2) is 0 Å². The highest BCUT2D eigenvalue weighted by Crippen LogP contribution is 2.17. The monoisotopic (exact) mass is 129 g/mol. The summed E-state index contributed by atoms with van der Waals surface area (Å²) in [5, 5.41) is 3.33. The van der Waals surface area contributed by atoms with Crippen molar-refractivity contribution in [3.05, 3.63) is 0 Å². The van der Waals surface area contributed by atoms with Crippen LogP contribution in [0.2, 0.25) is 0 Å². The number of nitrogens with one attached hydrogen (secondary N) is 1. The van der Waals surface area contributed by atoms with E-state index in [1.807, 2.05) is 13.8 Å². The molecule has 9 heavy (non-hydrogen) atoms. The minimum absolute atomic E-state index is 0.560. The third kappa shape index (κ3) is 1.43. The Bertz CT molecular complexity index is 67.0. The molecule has 2 fully saturated rings. The summed E-state index contributed by atoms with van der Waals surface area (Å²) < 4.78 is 5.29. The molecule has 0 aliphatic carbocycles. The summed E-state index contributed by atoms with van der Waals surface area (Å²) in [6.45, 7) is 6.04. The molecule has 0 amide bonds. The summed E-state index contributed by atoms with van der Waals surface area (Å²) in [6, 6.07) is 0.699. The van der Waals surface area contributed by atoms with Gasteiger partial charge in [0.25, 0.3) is 0 Å². The molecule has 2 unspecified atom stereocenters. The van der Waals surface area contributed by atoms with E-state index in [0.717, 1.165) is 13.2 Å². The Labute approximate surface area is 56.6 Å². The number of hydrogen-bond acceptors (Lipinski definition) is 2. The normalized spacial score (nSPS) is 38.0. The van der Waals surface area contributed by atoms with Gasteiger partial charge in [-0.2, -0.15) is 0 Å². The van der Waals surface area contributed by atoms with Crippen LogP contribution in [0.1, 0.15) is 20.3 Å². The molecule has 2 nitrogen and oxygen atoms in total. The van der Waals surface area contributed by atoms with Crippen molar-refractivity contribution in [2.75, 3.05) is 13.2 Å². The van der Waals surface area contributed by atoms with Crippen molar-refractivity contribution in [3.8, 4) is 0 Å². The van der Waals surface area contributed by atoms with Crippen molar-refractivity contribution >= 4 is 0 Å². The molecule has 2 saturated heterocycles. The quantitative estimate of drug-likeness (QED) is 0.521. The molecule has 0 saturated carbocycles. The lowest BCUT2D eigenvalue weighted by atomic mass is 10.3. The maximum Gasteiger partial charge on any atom is 0.0716 e. The van der Waals surface area contributed by atoms with E-state index < -0.39 is 0 Å². The molecule has 1 N–H and O–H groups in total. The van der Waals surface area contributed by atoms with Gasteiger partial charge < -0.3 is 10.1 Å². The molecular formula is C7H15NO. The third-order valence-corrected chi connectivity index (χ3v) is 1.71. The Morgan fingerprint density at radius 1 is 1.44 bits per heavy atom. The summed E-state index contributed by atoms with van der Waals surface area (Å²) in [5.41, 5.74) is 0. The molecule has 2 heterocycles. The van der Waals surface area contributed by atoms with Gasteiger partial charge in [-0.25, -0.2) is 0 Å². The summed E-state index contributed by atoms with van der Waals surface area (Å²) in [7, 11) is 0. The zero-order valence-corrected chi connectivity index (χ0v) is 6.18. The van der Waals surface area contributed by atoms with E-state index in [0.29, 0.717) is 12.1 Å². The van der Waals surface area contributed by atoms with Gasteiger partial charge in [-0.15, -0.1) is 0 Å². The van der Waals surface area contributed by atoms with E-state index in [2.05, 4.69) is 5.32 Å². The standard InChI is InChI=1S/C5H9NO.C2H6/c1-4-3-7-5(1)2-6-4;1-2/h4-6H,1-3H2;1-2H3. The number of ether oxygens (including phenoxy) is 1. The smallest absolute Gasteiger partial charge is 0.0716 e. The highest BCUT2D eigenvalue weighted by molar-refractivity contribution is 4.87. The summed E-state index contributed by atoms with van der Waals surface area (Å²) in [6.07, 6.45) is 1.81. The largest absolute Gasteiger partial charge is 0.375 e. The maximum atomic E-state index is 5.29. The van der Waals surface area contributed by atoms with Crippen LogP contribution < -0.4 is 5.32 Å². The van der Waals surface area contributed by atoms with Gasteiger partial charge in [0.05, 0.1) is 12.7 Å². The number of morpholine rings is 1. The molecule has 54 valence electrons. The van der Waals surface area contributed by atoms with Crippen molar-refractivity contribution in [1.82, 2.24) is 5.32 Å². The predicted octanol–water partition coefficient (Wildman–Crippen LogP) is 0.773. The zero-order valence-electron chi connectivity index (χ0n) is 6.18. The van der Waals surface area contributed by atoms with Crippen LogP contribution in [0.4, 0.5) is 0 Å². The Balaban J connectivity index is 0.000000186. The fourth-order valence-electron chi connectivity index (χ4n) is 1.29. The summed E-state index contributed by atoms with van der Waals surface area (Å²) in [4.78, 5) is 0. The second-order valence-corrected chi connectivity index (χ2v) is 2.30. The lowest BCUT2D eigenvalue weighted by molar-refractivity contribution is 0.0892. The third-order valence-electron chi connectivity index (χ3n) is 1.71. The first-order valence-electron chi connectivity index (χ1n) is 3.80. The first-order valence-corrected chi connectivity index (χ1v) is 3.80. The van der Waals surface area contributed by atoms with Gasteiger partial charge in [0.15, 0.2) is 0 Å². The molecule has 0 aromatic carbocycles. The summed E-state index contributed by atoms with van der Waals surface area (Å²) >= 11 is 0. The molecule has 2 heteroatoms. The molecule has 2 rings (SSSR count). The minimum atomic E-state index is 0.560. The van der Waals surface area contributed by atoms with E-state index in [1.165, 1.54) is 6.42 Å². The Kier molecular flexibility index (Phi) is 2.49. The van der Waals surface area contributed by atoms with E-state index >= 15 is 0 Å². The number of fused-ring (bicyclic) bond motifs is 2.